The fraction of sp³-hybridized carbons (Fsp3) is 0.308. The number of rotatable bonds is 2. The summed E-state index contributed by atoms with van der Waals surface area (Å²) in [5, 5.41) is 9.00. The van der Waals surface area contributed by atoms with Crippen molar-refractivity contribution >= 4 is 5.69 Å². The highest BCUT2D eigenvalue weighted by molar-refractivity contribution is 5.60. The molecule has 0 aromatic heterocycles. The number of hydrogen-bond acceptors (Lipinski definition) is 3. The van der Waals surface area contributed by atoms with Crippen LogP contribution in [0.25, 0.3) is 0 Å². The van der Waals surface area contributed by atoms with Gasteiger partial charge in [0.15, 0.2) is 0 Å². The normalized spacial score (nSPS) is 16.7. The van der Waals surface area contributed by atoms with E-state index < -0.39 is 0 Å². The smallest absolute Gasteiger partial charge is 0.139 e. The standard InChI is InChI=1S/C13H14N2O/c14-9-11-12(15)7-4-8-13(11)16-10-5-2-1-3-6-10/h2,4-5,7-8,10H,1,3,6,15H2. The lowest BCUT2D eigenvalue weighted by Crippen LogP contribution is -2.21. The summed E-state index contributed by atoms with van der Waals surface area (Å²) < 4.78 is 5.77. The first-order valence-electron chi connectivity index (χ1n) is 5.43. The van der Waals surface area contributed by atoms with E-state index in [0.717, 1.165) is 19.3 Å². The fourth-order valence-electron chi connectivity index (χ4n) is 1.81. The predicted octanol–water partition coefficient (Wildman–Crippen LogP) is 2.48. The molecule has 3 heteroatoms. The number of nitrogens with two attached hydrogens (primary N) is 1. The number of nitrogens with zero attached hydrogens (tertiary/aromatic N) is 1. The Morgan fingerprint density at radius 3 is 3.00 bits per heavy atom. The van der Waals surface area contributed by atoms with Crippen LogP contribution >= 0.6 is 0 Å². The van der Waals surface area contributed by atoms with Crippen LogP contribution in [0.15, 0.2) is 18.2 Å². The van der Waals surface area contributed by atoms with E-state index in [2.05, 4.69) is 12.5 Å². The van der Waals surface area contributed by atoms with Gasteiger partial charge in [-0.05, 0) is 37.8 Å². The molecule has 1 aromatic rings. The van der Waals surface area contributed by atoms with E-state index in [0.29, 0.717) is 17.0 Å². The number of nitriles is 1. The van der Waals surface area contributed by atoms with Crippen molar-refractivity contribution in [2.75, 3.05) is 5.73 Å². The van der Waals surface area contributed by atoms with E-state index in [4.69, 9.17) is 15.7 Å². The van der Waals surface area contributed by atoms with Gasteiger partial charge in [0, 0.05) is 6.42 Å². The fourth-order valence-corrected chi connectivity index (χ4v) is 1.81. The summed E-state index contributed by atoms with van der Waals surface area (Å²) in [4.78, 5) is 0. The van der Waals surface area contributed by atoms with Crippen molar-refractivity contribution in [3.8, 4) is 11.8 Å². The van der Waals surface area contributed by atoms with Gasteiger partial charge in [0.05, 0.1) is 5.69 Å². The average Bonchev–Trinajstić information content (AvgIpc) is 2.31. The van der Waals surface area contributed by atoms with Gasteiger partial charge >= 0.3 is 0 Å². The lowest BCUT2D eigenvalue weighted by Gasteiger charge is -2.23. The van der Waals surface area contributed by atoms with Crippen LogP contribution in [0.2, 0.25) is 0 Å². The Morgan fingerprint density at radius 1 is 1.44 bits per heavy atom. The average molecular weight is 214 g/mol. The highest BCUT2D eigenvalue weighted by atomic mass is 16.5. The maximum absolute atomic E-state index is 9.00. The van der Waals surface area contributed by atoms with Gasteiger partial charge in [0.2, 0.25) is 0 Å². The minimum Gasteiger partial charge on any atom is -0.489 e. The van der Waals surface area contributed by atoms with Crippen LogP contribution in [-0.4, -0.2) is 6.10 Å². The molecule has 1 saturated carbocycles. The molecule has 1 unspecified atom stereocenters. The van der Waals surface area contributed by atoms with Crippen LogP contribution in [0.3, 0.4) is 0 Å². The number of nitrogen functional groups attached to an aromatic ring is 1. The van der Waals surface area contributed by atoms with Gasteiger partial charge in [0.25, 0.3) is 0 Å². The van der Waals surface area contributed by atoms with Gasteiger partial charge in [-0.2, -0.15) is 5.26 Å². The van der Waals surface area contributed by atoms with Gasteiger partial charge in [0.1, 0.15) is 23.5 Å². The van der Waals surface area contributed by atoms with Crippen molar-refractivity contribution in [2.45, 2.75) is 25.4 Å². The Bertz CT molecular complexity index is 403. The third kappa shape index (κ3) is 2.27. The number of hydrogen-bond donors (Lipinski definition) is 1. The molecule has 0 amide bonds. The molecule has 0 spiro atoms. The second kappa shape index (κ2) is 4.89. The Hall–Kier alpha value is -1.69. The van der Waals surface area contributed by atoms with E-state index in [-0.39, 0.29) is 6.10 Å². The lowest BCUT2D eigenvalue weighted by atomic mass is 9.97. The molecule has 1 atom stereocenters. The molecule has 2 rings (SSSR count). The first-order chi connectivity index (χ1) is 7.81. The van der Waals surface area contributed by atoms with E-state index in [9.17, 15) is 0 Å². The maximum atomic E-state index is 9.00. The molecule has 0 heterocycles. The largest absolute Gasteiger partial charge is 0.489 e. The highest BCUT2D eigenvalue weighted by Crippen LogP contribution is 2.27. The maximum Gasteiger partial charge on any atom is 0.139 e. The monoisotopic (exact) mass is 214 g/mol. The highest BCUT2D eigenvalue weighted by Gasteiger charge is 2.17. The van der Waals surface area contributed by atoms with Gasteiger partial charge in [-0.15, -0.1) is 0 Å². The topological polar surface area (TPSA) is 59.0 Å². The summed E-state index contributed by atoms with van der Waals surface area (Å²) in [5.74, 6) is 0.582. The molecule has 0 aliphatic heterocycles. The van der Waals surface area contributed by atoms with E-state index in [1.54, 1.807) is 18.2 Å². The minimum absolute atomic E-state index is 0.0719. The van der Waals surface area contributed by atoms with Crippen LogP contribution in [0, 0.1) is 24.2 Å². The molecule has 1 aromatic carbocycles. The van der Waals surface area contributed by atoms with Crippen molar-refractivity contribution < 1.29 is 4.74 Å². The van der Waals surface area contributed by atoms with Gasteiger partial charge in [-0.25, -0.2) is 0 Å². The van der Waals surface area contributed by atoms with Crippen molar-refractivity contribution in [3.05, 3.63) is 36.6 Å². The molecule has 1 aliphatic carbocycles. The molecule has 1 aliphatic rings. The summed E-state index contributed by atoms with van der Waals surface area (Å²) in [6.45, 7) is 0. The Labute approximate surface area is 95.8 Å². The van der Waals surface area contributed by atoms with Crippen LogP contribution in [0.4, 0.5) is 5.69 Å². The molecule has 2 N–H and O–H groups in total. The molecule has 16 heavy (non-hydrogen) atoms. The van der Waals surface area contributed by atoms with Gasteiger partial charge in [-0.3, -0.25) is 0 Å². The first-order valence-corrected chi connectivity index (χ1v) is 5.43. The number of anilines is 1. The summed E-state index contributed by atoms with van der Waals surface area (Å²) >= 11 is 0. The van der Waals surface area contributed by atoms with Crippen LogP contribution in [0.1, 0.15) is 24.8 Å². The molecule has 1 fully saturated rings. The molecule has 0 saturated heterocycles. The van der Waals surface area contributed by atoms with Crippen LogP contribution in [0.5, 0.6) is 5.75 Å². The van der Waals surface area contributed by atoms with E-state index in [1.165, 1.54) is 0 Å². The quantitative estimate of drug-likeness (QED) is 0.769. The van der Waals surface area contributed by atoms with Crippen molar-refractivity contribution in [1.29, 1.82) is 5.26 Å². The SMILES string of the molecule is N#Cc1c(N)cccc1OC1[CH][CH]CCC1. The first kappa shape index (κ1) is 10.8. The summed E-state index contributed by atoms with van der Waals surface area (Å²) in [7, 11) is 0. The molecular weight excluding hydrogens is 200 g/mol. The van der Waals surface area contributed by atoms with Crippen LogP contribution in [-0.2, 0) is 0 Å². The zero-order valence-electron chi connectivity index (χ0n) is 9.02. The molecule has 2 radical (unpaired) electrons. The molecular formula is C13H14N2O. The zero-order chi connectivity index (χ0) is 11.4. The van der Waals surface area contributed by atoms with E-state index in [1.807, 2.05) is 6.42 Å². The molecule has 0 bridgehead atoms. The number of benzene rings is 1. The molecule has 3 nitrogen and oxygen atoms in total. The Kier molecular flexibility index (Phi) is 3.31. The van der Waals surface area contributed by atoms with Crippen molar-refractivity contribution in [2.24, 2.45) is 0 Å². The van der Waals surface area contributed by atoms with Crippen molar-refractivity contribution in [3.63, 3.8) is 0 Å². The Morgan fingerprint density at radius 2 is 2.31 bits per heavy atom. The summed E-state index contributed by atoms with van der Waals surface area (Å²) in [5.41, 5.74) is 6.62. The summed E-state index contributed by atoms with van der Waals surface area (Å²) in [6, 6.07) is 7.38. The second-order valence-electron chi connectivity index (χ2n) is 3.85. The lowest BCUT2D eigenvalue weighted by molar-refractivity contribution is 0.211. The van der Waals surface area contributed by atoms with Gasteiger partial charge in [-0.1, -0.05) is 6.07 Å². The third-order valence-electron chi connectivity index (χ3n) is 2.66. The third-order valence-corrected chi connectivity index (χ3v) is 2.66. The summed E-state index contributed by atoms with van der Waals surface area (Å²) in [6.07, 6.45) is 7.48. The predicted molar refractivity (Wildman–Crippen MR) is 62.4 cm³/mol. The molecule has 82 valence electrons. The number of ether oxygens (including phenoxy) is 1. The van der Waals surface area contributed by atoms with E-state index >= 15 is 0 Å². The Balaban J connectivity index is 2.14. The van der Waals surface area contributed by atoms with Crippen LogP contribution < -0.4 is 10.5 Å². The van der Waals surface area contributed by atoms with Crippen molar-refractivity contribution in [1.82, 2.24) is 0 Å². The van der Waals surface area contributed by atoms with Gasteiger partial charge < -0.3 is 10.5 Å². The second-order valence-corrected chi connectivity index (χ2v) is 3.85. The minimum atomic E-state index is 0.0719. The zero-order valence-corrected chi connectivity index (χ0v) is 9.02.